The minimum absolute atomic E-state index is 0.486. The van der Waals surface area contributed by atoms with Crippen LogP contribution in [0.4, 0.5) is 0 Å². The molecule has 1 fully saturated rings. The fraction of sp³-hybridized carbons (Fsp3) is 0.667. The summed E-state index contributed by atoms with van der Waals surface area (Å²) in [7, 11) is 0. The maximum atomic E-state index is 3.72. The van der Waals surface area contributed by atoms with Crippen LogP contribution in [-0.4, -0.2) is 30.6 Å². The largest absolute Gasteiger partial charge is 0.309 e. The minimum atomic E-state index is 0.486. The van der Waals surface area contributed by atoms with Crippen molar-refractivity contribution in [2.75, 3.05) is 19.6 Å². The van der Waals surface area contributed by atoms with Gasteiger partial charge in [-0.05, 0) is 50.8 Å². The molecule has 2 heteroatoms. The van der Waals surface area contributed by atoms with Gasteiger partial charge in [0.15, 0.2) is 0 Å². The van der Waals surface area contributed by atoms with E-state index in [9.17, 15) is 0 Å². The average Bonchev–Trinajstić information content (AvgIpc) is 2.62. The van der Waals surface area contributed by atoms with Gasteiger partial charge in [0.1, 0.15) is 0 Å². The number of benzene rings is 1. The first kappa shape index (κ1) is 15.5. The molecule has 1 saturated heterocycles. The molecule has 2 nitrogen and oxygen atoms in total. The maximum Gasteiger partial charge on any atom is 0.0449 e. The first-order chi connectivity index (χ1) is 9.66. The van der Waals surface area contributed by atoms with Crippen LogP contribution in [0.15, 0.2) is 30.3 Å². The fourth-order valence-corrected chi connectivity index (χ4v) is 3.05. The monoisotopic (exact) mass is 274 g/mol. The van der Waals surface area contributed by atoms with E-state index in [1.165, 1.54) is 31.4 Å². The van der Waals surface area contributed by atoms with Crippen molar-refractivity contribution < 1.29 is 0 Å². The molecule has 20 heavy (non-hydrogen) atoms. The van der Waals surface area contributed by atoms with Gasteiger partial charge in [-0.25, -0.2) is 0 Å². The molecular weight excluding hydrogens is 244 g/mol. The highest BCUT2D eigenvalue weighted by Gasteiger charge is 2.23. The van der Waals surface area contributed by atoms with Crippen LogP contribution in [0.1, 0.15) is 51.6 Å². The first-order valence-corrected chi connectivity index (χ1v) is 8.19. The first-order valence-electron chi connectivity index (χ1n) is 8.19. The molecule has 0 amide bonds. The molecule has 2 atom stereocenters. The van der Waals surface area contributed by atoms with E-state index in [2.05, 4.69) is 61.3 Å². The summed E-state index contributed by atoms with van der Waals surface area (Å²) in [6.07, 6.45) is 3.92. The molecule has 1 aliphatic rings. The molecule has 1 heterocycles. The summed E-state index contributed by atoms with van der Waals surface area (Å²) < 4.78 is 0. The minimum Gasteiger partial charge on any atom is -0.309 e. The van der Waals surface area contributed by atoms with Gasteiger partial charge in [0.2, 0.25) is 0 Å². The van der Waals surface area contributed by atoms with Gasteiger partial charge in [-0.15, -0.1) is 0 Å². The van der Waals surface area contributed by atoms with E-state index in [0.29, 0.717) is 12.1 Å². The summed E-state index contributed by atoms with van der Waals surface area (Å²) in [6, 6.07) is 12.1. The molecule has 0 saturated carbocycles. The van der Waals surface area contributed by atoms with Crippen LogP contribution in [-0.2, 0) is 0 Å². The zero-order valence-electron chi connectivity index (χ0n) is 13.3. The van der Waals surface area contributed by atoms with Crippen LogP contribution in [0.2, 0.25) is 0 Å². The van der Waals surface area contributed by atoms with Crippen LogP contribution >= 0.6 is 0 Å². The molecule has 0 aromatic heterocycles. The van der Waals surface area contributed by atoms with E-state index in [1.54, 1.807) is 0 Å². The van der Waals surface area contributed by atoms with Gasteiger partial charge in [0.05, 0.1) is 0 Å². The highest BCUT2D eigenvalue weighted by molar-refractivity contribution is 5.19. The van der Waals surface area contributed by atoms with Crippen LogP contribution < -0.4 is 5.32 Å². The number of nitrogens with one attached hydrogen (secondary N) is 1. The van der Waals surface area contributed by atoms with E-state index in [0.717, 1.165) is 19.0 Å². The average molecular weight is 274 g/mol. The second kappa shape index (κ2) is 7.80. The van der Waals surface area contributed by atoms with E-state index in [1.807, 2.05) is 0 Å². The van der Waals surface area contributed by atoms with Crippen LogP contribution in [0, 0.1) is 5.92 Å². The topological polar surface area (TPSA) is 15.3 Å². The lowest BCUT2D eigenvalue weighted by Gasteiger charge is -2.29. The lowest BCUT2D eigenvalue weighted by atomic mass is 10.1. The van der Waals surface area contributed by atoms with Gasteiger partial charge in [-0.1, -0.05) is 44.2 Å². The second-order valence-electron chi connectivity index (χ2n) is 6.59. The predicted molar refractivity (Wildman–Crippen MR) is 86.9 cm³/mol. The predicted octanol–water partition coefficient (Wildman–Crippen LogP) is 3.85. The Hall–Kier alpha value is -0.860. The van der Waals surface area contributed by atoms with Gasteiger partial charge in [0, 0.05) is 18.6 Å². The van der Waals surface area contributed by atoms with Gasteiger partial charge in [-0.3, -0.25) is 4.90 Å². The summed E-state index contributed by atoms with van der Waals surface area (Å²) in [5, 5.41) is 3.72. The molecule has 2 rings (SSSR count). The van der Waals surface area contributed by atoms with Crippen LogP contribution in [0.25, 0.3) is 0 Å². The lowest BCUT2D eigenvalue weighted by Crippen LogP contribution is -2.36. The Balaban J connectivity index is 1.95. The third kappa shape index (κ3) is 4.60. The van der Waals surface area contributed by atoms with Gasteiger partial charge in [-0.2, -0.15) is 0 Å². The molecule has 112 valence electrons. The molecule has 0 spiro atoms. The quantitative estimate of drug-likeness (QED) is 0.877. The third-order valence-corrected chi connectivity index (χ3v) is 4.42. The van der Waals surface area contributed by atoms with Gasteiger partial charge in [0.25, 0.3) is 0 Å². The van der Waals surface area contributed by atoms with Gasteiger partial charge >= 0.3 is 0 Å². The number of rotatable bonds is 5. The molecule has 0 bridgehead atoms. The van der Waals surface area contributed by atoms with Crippen molar-refractivity contribution in [1.29, 1.82) is 0 Å². The van der Waals surface area contributed by atoms with Crippen LogP contribution in [0.5, 0.6) is 0 Å². The van der Waals surface area contributed by atoms with Crippen molar-refractivity contribution in [3.8, 4) is 0 Å². The van der Waals surface area contributed by atoms with Crippen molar-refractivity contribution in [2.45, 2.75) is 52.1 Å². The Morgan fingerprint density at radius 1 is 1.25 bits per heavy atom. The SMILES string of the molecule is CC(C)CCCN1CC(c2ccccc2)NCCC1C. The second-order valence-corrected chi connectivity index (χ2v) is 6.59. The summed E-state index contributed by atoms with van der Waals surface area (Å²) in [4.78, 5) is 2.68. The smallest absolute Gasteiger partial charge is 0.0449 e. The van der Waals surface area contributed by atoms with E-state index >= 15 is 0 Å². The molecule has 0 radical (unpaired) electrons. The Morgan fingerprint density at radius 3 is 2.70 bits per heavy atom. The molecule has 1 aromatic carbocycles. The zero-order chi connectivity index (χ0) is 14.4. The normalized spacial score (nSPS) is 24.8. The third-order valence-electron chi connectivity index (χ3n) is 4.42. The van der Waals surface area contributed by atoms with Crippen LogP contribution in [0.3, 0.4) is 0 Å². The highest BCUT2D eigenvalue weighted by Crippen LogP contribution is 2.20. The Labute approximate surface area is 124 Å². The van der Waals surface area contributed by atoms with E-state index < -0.39 is 0 Å². The number of nitrogens with zero attached hydrogens (tertiary/aromatic N) is 1. The molecule has 0 aliphatic carbocycles. The molecular formula is C18H30N2. The molecule has 1 aliphatic heterocycles. The van der Waals surface area contributed by atoms with Crippen molar-refractivity contribution in [3.05, 3.63) is 35.9 Å². The Morgan fingerprint density at radius 2 is 2.00 bits per heavy atom. The lowest BCUT2D eigenvalue weighted by molar-refractivity contribution is 0.198. The Bertz CT molecular complexity index is 374. The molecule has 1 N–H and O–H groups in total. The highest BCUT2D eigenvalue weighted by atomic mass is 15.2. The summed E-state index contributed by atoms with van der Waals surface area (Å²) in [5.74, 6) is 0.820. The van der Waals surface area contributed by atoms with E-state index in [-0.39, 0.29) is 0 Å². The van der Waals surface area contributed by atoms with Crippen molar-refractivity contribution in [3.63, 3.8) is 0 Å². The summed E-state index contributed by atoms with van der Waals surface area (Å²) in [5.41, 5.74) is 1.43. The molecule has 1 aromatic rings. The van der Waals surface area contributed by atoms with E-state index in [4.69, 9.17) is 0 Å². The standard InChI is InChI=1S/C18H30N2/c1-15(2)8-7-13-20-14-18(19-12-11-16(20)3)17-9-5-4-6-10-17/h4-6,9-10,15-16,18-19H,7-8,11-14H2,1-3H3. The fourth-order valence-electron chi connectivity index (χ4n) is 3.05. The Kier molecular flexibility index (Phi) is 6.06. The number of hydrogen-bond acceptors (Lipinski definition) is 2. The van der Waals surface area contributed by atoms with Crippen molar-refractivity contribution >= 4 is 0 Å². The van der Waals surface area contributed by atoms with Crippen molar-refractivity contribution in [2.24, 2.45) is 5.92 Å². The summed E-state index contributed by atoms with van der Waals surface area (Å²) in [6.45, 7) is 10.5. The molecule has 2 unspecified atom stereocenters. The van der Waals surface area contributed by atoms with Crippen molar-refractivity contribution in [1.82, 2.24) is 10.2 Å². The summed E-state index contributed by atoms with van der Waals surface area (Å²) >= 11 is 0. The van der Waals surface area contributed by atoms with Gasteiger partial charge < -0.3 is 5.32 Å². The zero-order valence-corrected chi connectivity index (χ0v) is 13.3. The maximum absolute atomic E-state index is 3.72. The number of hydrogen-bond donors (Lipinski definition) is 1.